The second kappa shape index (κ2) is 7.42. The molecular formula is C19H17F5N2S. The van der Waals surface area contributed by atoms with E-state index in [0.29, 0.717) is 18.4 Å². The van der Waals surface area contributed by atoms with E-state index in [1.165, 1.54) is 12.1 Å². The Hall–Kier alpha value is -2.22. The lowest BCUT2D eigenvalue weighted by molar-refractivity contribution is -0.137. The summed E-state index contributed by atoms with van der Waals surface area (Å²) in [5.41, 5.74) is -1.01. The molecule has 0 aromatic heterocycles. The molecule has 2 aromatic carbocycles. The third-order valence-corrected chi connectivity index (χ3v) is 4.94. The summed E-state index contributed by atoms with van der Waals surface area (Å²) in [5.74, 6) is -1.52. The van der Waals surface area contributed by atoms with Gasteiger partial charge in [-0.25, -0.2) is 8.78 Å². The molecule has 144 valence electrons. The van der Waals surface area contributed by atoms with Gasteiger partial charge >= 0.3 is 6.18 Å². The van der Waals surface area contributed by atoms with Crippen molar-refractivity contribution in [2.24, 2.45) is 0 Å². The van der Waals surface area contributed by atoms with Crippen LogP contribution >= 0.6 is 12.2 Å². The van der Waals surface area contributed by atoms with Gasteiger partial charge in [0.2, 0.25) is 0 Å². The van der Waals surface area contributed by atoms with Gasteiger partial charge in [-0.2, -0.15) is 13.2 Å². The minimum Gasteiger partial charge on any atom is -0.353 e. The normalized spacial score (nSPS) is 16.2. The number of alkyl halides is 3. The molecule has 0 spiro atoms. The van der Waals surface area contributed by atoms with Gasteiger partial charge in [0.1, 0.15) is 11.6 Å². The lowest BCUT2D eigenvalue weighted by Gasteiger charge is -2.33. The zero-order chi connectivity index (χ0) is 19.7. The fraction of sp³-hybridized carbons (Fsp3) is 0.316. The third-order valence-electron chi connectivity index (χ3n) is 4.73. The van der Waals surface area contributed by atoms with Crippen LogP contribution in [0.2, 0.25) is 0 Å². The fourth-order valence-corrected chi connectivity index (χ4v) is 3.72. The highest BCUT2D eigenvalue weighted by Gasteiger charge is 2.38. The maximum Gasteiger partial charge on any atom is 0.416 e. The number of anilines is 1. The molecule has 0 heterocycles. The number of hydrogen-bond donors (Lipinski definition) is 2. The average Bonchev–Trinajstić information content (AvgIpc) is 3.06. The molecule has 0 saturated heterocycles. The van der Waals surface area contributed by atoms with Crippen molar-refractivity contribution in [3.8, 4) is 0 Å². The van der Waals surface area contributed by atoms with E-state index in [1.807, 2.05) is 0 Å². The molecule has 1 fully saturated rings. The van der Waals surface area contributed by atoms with Crippen molar-refractivity contribution < 1.29 is 22.0 Å². The molecule has 2 aromatic rings. The van der Waals surface area contributed by atoms with E-state index < -0.39 is 28.9 Å². The molecule has 0 atom stereocenters. The van der Waals surface area contributed by atoms with Crippen LogP contribution in [0.25, 0.3) is 0 Å². The minimum absolute atomic E-state index is 0.00825. The van der Waals surface area contributed by atoms with E-state index in [-0.39, 0.29) is 10.8 Å². The number of rotatable bonds is 3. The van der Waals surface area contributed by atoms with Gasteiger partial charge in [-0.15, -0.1) is 0 Å². The number of thiocarbonyl (C=S) groups is 1. The summed E-state index contributed by atoms with van der Waals surface area (Å²) in [7, 11) is 0. The van der Waals surface area contributed by atoms with Gasteiger partial charge in [0.25, 0.3) is 0 Å². The monoisotopic (exact) mass is 400 g/mol. The van der Waals surface area contributed by atoms with Gasteiger partial charge in [0.05, 0.1) is 16.8 Å². The van der Waals surface area contributed by atoms with Crippen molar-refractivity contribution in [3.63, 3.8) is 0 Å². The third kappa shape index (κ3) is 4.37. The summed E-state index contributed by atoms with van der Waals surface area (Å²) >= 11 is 5.24. The molecule has 1 saturated carbocycles. The quantitative estimate of drug-likeness (QED) is 0.508. The SMILES string of the molecule is Fc1ccc(NC(=S)NC2(c3cccc(C(F)(F)F)c3)CCCC2)c(F)c1. The van der Waals surface area contributed by atoms with Crippen molar-refractivity contribution in [1.82, 2.24) is 5.32 Å². The van der Waals surface area contributed by atoms with Gasteiger partial charge < -0.3 is 10.6 Å². The highest BCUT2D eigenvalue weighted by atomic mass is 32.1. The van der Waals surface area contributed by atoms with Crippen LogP contribution < -0.4 is 10.6 Å². The van der Waals surface area contributed by atoms with Crippen LogP contribution in [0, 0.1) is 11.6 Å². The highest BCUT2D eigenvalue weighted by Crippen LogP contribution is 2.41. The second-order valence-corrected chi connectivity index (χ2v) is 6.98. The largest absolute Gasteiger partial charge is 0.416 e. The van der Waals surface area contributed by atoms with E-state index in [9.17, 15) is 22.0 Å². The molecule has 2 N–H and O–H groups in total. The van der Waals surface area contributed by atoms with Crippen molar-refractivity contribution in [1.29, 1.82) is 0 Å². The Kier molecular flexibility index (Phi) is 5.37. The van der Waals surface area contributed by atoms with Gasteiger partial charge in [-0.05, 0) is 54.9 Å². The summed E-state index contributed by atoms with van der Waals surface area (Å²) in [5, 5.41) is 5.80. The Balaban J connectivity index is 1.84. The lowest BCUT2D eigenvalue weighted by atomic mass is 9.87. The summed E-state index contributed by atoms with van der Waals surface area (Å²) < 4.78 is 66.1. The summed E-state index contributed by atoms with van der Waals surface area (Å²) in [4.78, 5) is 0. The lowest BCUT2D eigenvalue weighted by Crippen LogP contribution is -2.45. The van der Waals surface area contributed by atoms with Gasteiger partial charge in [-0.1, -0.05) is 25.0 Å². The Labute approximate surface area is 158 Å². The molecule has 0 aliphatic heterocycles. The van der Waals surface area contributed by atoms with Crippen LogP contribution in [0.4, 0.5) is 27.6 Å². The first-order chi connectivity index (χ1) is 12.7. The van der Waals surface area contributed by atoms with Crippen molar-refractivity contribution in [2.75, 3.05) is 5.32 Å². The molecule has 0 amide bonds. The molecule has 1 aliphatic carbocycles. The molecule has 27 heavy (non-hydrogen) atoms. The average molecular weight is 400 g/mol. The maximum absolute atomic E-state index is 13.8. The summed E-state index contributed by atoms with van der Waals surface area (Å²) in [6.45, 7) is 0. The number of hydrogen-bond acceptors (Lipinski definition) is 1. The first kappa shape index (κ1) is 19.5. The number of halogens is 5. The fourth-order valence-electron chi connectivity index (χ4n) is 3.42. The van der Waals surface area contributed by atoms with Crippen LogP contribution in [0.15, 0.2) is 42.5 Å². The molecule has 0 bridgehead atoms. The van der Waals surface area contributed by atoms with Gasteiger partial charge in [0.15, 0.2) is 5.11 Å². The Morgan fingerprint density at radius 2 is 1.70 bits per heavy atom. The molecule has 1 aliphatic rings. The minimum atomic E-state index is -4.44. The molecule has 0 radical (unpaired) electrons. The Morgan fingerprint density at radius 3 is 2.33 bits per heavy atom. The summed E-state index contributed by atoms with van der Waals surface area (Å²) in [6.07, 6.45) is -1.58. The van der Waals surface area contributed by atoms with E-state index in [0.717, 1.165) is 37.1 Å². The number of benzene rings is 2. The van der Waals surface area contributed by atoms with Crippen molar-refractivity contribution >= 4 is 23.0 Å². The van der Waals surface area contributed by atoms with E-state index >= 15 is 0 Å². The molecule has 3 rings (SSSR count). The van der Waals surface area contributed by atoms with Gasteiger partial charge in [0, 0.05) is 6.07 Å². The predicted octanol–water partition coefficient (Wildman–Crippen LogP) is 5.74. The topological polar surface area (TPSA) is 24.1 Å². The Bertz CT molecular complexity index is 844. The standard InChI is InChI=1S/C19H17F5N2S/c20-14-6-7-16(15(21)11-14)25-17(27)26-18(8-1-2-9-18)12-4-3-5-13(10-12)19(22,23)24/h3-7,10-11H,1-2,8-9H2,(H2,25,26,27). The molecule has 0 unspecified atom stereocenters. The zero-order valence-electron chi connectivity index (χ0n) is 14.2. The molecular weight excluding hydrogens is 383 g/mol. The first-order valence-corrected chi connectivity index (χ1v) is 8.82. The first-order valence-electron chi connectivity index (χ1n) is 8.42. The second-order valence-electron chi connectivity index (χ2n) is 6.57. The van der Waals surface area contributed by atoms with Crippen molar-refractivity contribution in [3.05, 3.63) is 65.2 Å². The molecule has 2 nitrogen and oxygen atoms in total. The summed E-state index contributed by atoms with van der Waals surface area (Å²) in [6, 6.07) is 8.18. The van der Waals surface area contributed by atoms with E-state index in [2.05, 4.69) is 10.6 Å². The van der Waals surface area contributed by atoms with Crippen molar-refractivity contribution in [2.45, 2.75) is 37.4 Å². The van der Waals surface area contributed by atoms with Crippen LogP contribution in [0.5, 0.6) is 0 Å². The highest BCUT2D eigenvalue weighted by molar-refractivity contribution is 7.80. The van der Waals surface area contributed by atoms with Gasteiger partial charge in [-0.3, -0.25) is 0 Å². The van der Waals surface area contributed by atoms with E-state index in [4.69, 9.17) is 12.2 Å². The van der Waals surface area contributed by atoms with Crippen LogP contribution in [0.3, 0.4) is 0 Å². The molecule has 8 heteroatoms. The maximum atomic E-state index is 13.8. The zero-order valence-corrected chi connectivity index (χ0v) is 15.0. The van der Waals surface area contributed by atoms with E-state index in [1.54, 1.807) is 6.07 Å². The number of nitrogens with one attached hydrogen (secondary N) is 2. The Morgan fingerprint density at radius 1 is 1.00 bits per heavy atom. The van der Waals surface area contributed by atoms with Crippen LogP contribution in [0.1, 0.15) is 36.8 Å². The van der Waals surface area contributed by atoms with Crippen LogP contribution in [-0.4, -0.2) is 5.11 Å². The smallest absolute Gasteiger partial charge is 0.353 e. The predicted molar refractivity (Wildman–Crippen MR) is 97.3 cm³/mol. The van der Waals surface area contributed by atoms with Crippen LogP contribution in [-0.2, 0) is 11.7 Å².